The number of thiophene rings is 1. The molecule has 4 rings (SSSR count). The minimum atomic E-state index is -0.722. The molecule has 154 valence electrons. The quantitative estimate of drug-likeness (QED) is 0.642. The van der Waals surface area contributed by atoms with Gasteiger partial charge in [0.05, 0.1) is 11.3 Å². The second-order valence-electron chi connectivity index (χ2n) is 8.14. The molecular weight excluding hydrogens is 392 g/mol. The molecule has 0 radical (unpaired) electrons. The Balaban J connectivity index is 1.53. The molecule has 2 aromatic carbocycles. The van der Waals surface area contributed by atoms with Gasteiger partial charge in [0.15, 0.2) is 0 Å². The second-order valence-corrected chi connectivity index (χ2v) is 9.09. The Kier molecular flexibility index (Phi) is 5.73. The van der Waals surface area contributed by atoms with Gasteiger partial charge in [0.1, 0.15) is 0 Å². The highest BCUT2D eigenvalue weighted by Gasteiger charge is 2.45. The van der Waals surface area contributed by atoms with Crippen molar-refractivity contribution in [2.45, 2.75) is 25.7 Å². The van der Waals surface area contributed by atoms with Crippen LogP contribution in [0.25, 0.3) is 10.4 Å². The van der Waals surface area contributed by atoms with Gasteiger partial charge in [0.2, 0.25) is 11.8 Å². The van der Waals surface area contributed by atoms with Crippen molar-refractivity contribution >= 4 is 23.2 Å². The van der Waals surface area contributed by atoms with E-state index in [2.05, 4.69) is 23.6 Å². The predicted molar refractivity (Wildman–Crippen MR) is 121 cm³/mol. The molecule has 2 heterocycles. The summed E-state index contributed by atoms with van der Waals surface area (Å²) in [6.45, 7) is 2.86. The average Bonchev–Trinajstić information content (AvgIpc) is 3.45. The molecule has 5 heteroatoms. The monoisotopic (exact) mass is 418 g/mol. The van der Waals surface area contributed by atoms with Gasteiger partial charge in [-0.05, 0) is 47.9 Å². The van der Waals surface area contributed by atoms with Crippen molar-refractivity contribution in [1.82, 2.24) is 4.90 Å². The van der Waals surface area contributed by atoms with Gasteiger partial charge in [-0.3, -0.25) is 9.59 Å². The van der Waals surface area contributed by atoms with Crippen LogP contribution in [0.1, 0.15) is 30.4 Å². The molecule has 2 atom stereocenters. The van der Waals surface area contributed by atoms with Gasteiger partial charge < -0.3 is 10.6 Å². The lowest BCUT2D eigenvalue weighted by atomic mass is 9.80. The molecule has 0 bridgehead atoms. The molecule has 0 spiro atoms. The fourth-order valence-electron chi connectivity index (χ4n) is 4.32. The first-order valence-corrected chi connectivity index (χ1v) is 11.1. The Morgan fingerprint density at radius 3 is 2.60 bits per heavy atom. The third kappa shape index (κ3) is 4.03. The number of amides is 2. The molecule has 2 N–H and O–H groups in total. The molecule has 2 amide bonds. The SMILES string of the molecule is C[C@H](C(=O)N1CC[C@@](Cc2cccc(-c3cccs3)c2)(C(N)=O)C1)c1ccccc1. The summed E-state index contributed by atoms with van der Waals surface area (Å²) in [5.41, 5.74) is 8.37. The number of hydrogen-bond donors (Lipinski definition) is 1. The first kappa shape index (κ1) is 20.4. The Morgan fingerprint density at radius 2 is 1.90 bits per heavy atom. The van der Waals surface area contributed by atoms with Crippen LogP contribution in [-0.2, 0) is 16.0 Å². The molecule has 3 aromatic rings. The number of nitrogens with zero attached hydrogens (tertiary/aromatic N) is 1. The highest BCUT2D eigenvalue weighted by molar-refractivity contribution is 7.13. The van der Waals surface area contributed by atoms with E-state index in [-0.39, 0.29) is 17.7 Å². The number of rotatable bonds is 6. The van der Waals surface area contributed by atoms with Gasteiger partial charge in [-0.15, -0.1) is 11.3 Å². The summed E-state index contributed by atoms with van der Waals surface area (Å²) in [5.74, 6) is -0.514. The molecular formula is C25H26N2O2S. The normalized spacial score (nSPS) is 19.6. The summed E-state index contributed by atoms with van der Waals surface area (Å²) in [4.78, 5) is 28.6. The van der Waals surface area contributed by atoms with Gasteiger partial charge >= 0.3 is 0 Å². The summed E-state index contributed by atoms with van der Waals surface area (Å²) in [6.07, 6.45) is 1.14. The van der Waals surface area contributed by atoms with Crippen molar-refractivity contribution in [2.24, 2.45) is 11.1 Å². The van der Waals surface area contributed by atoms with Crippen LogP contribution in [0.3, 0.4) is 0 Å². The van der Waals surface area contributed by atoms with Gasteiger partial charge in [0.25, 0.3) is 0 Å². The highest BCUT2D eigenvalue weighted by atomic mass is 32.1. The summed E-state index contributed by atoms with van der Waals surface area (Å²) in [5, 5.41) is 2.06. The predicted octanol–water partition coefficient (Wildman–Crippen LogP) is 4.47. The number of likely N-dealkylation sites (tertiary alicyclic amines) is 1. The van der Waals surface area contributed by atoms with Crippen LogP contribution < -0.4 is 5.73 Å². The molecule has 1 fully saturated rings. The van der Waals surface area contributed by atoms with Crippen molar-refractivity contribution in [3.63, 3.8) is 0 Å². The fraction of sp³-hybridized carbons (Fsp3) is 0.280. The minimum Gasteiger partial charge on any atom is -0.369 e. The van der Waals surface area contributed by atoms with E-state index < -0.39 is 5.41 Å². The summed E-state index contributed by atoms with van der Waals surface area (Å²) in [6, 6.07) is 22.2. The van der Waals surface area contributed by atoms with Crippen molar-refractivity contribution in [3.05, 3.63) is 83.2 Å². The van der Waals surface area contributed by atoms with Crippen molar-refractivity contribution in [1.29, 1.82) is 0 Å². The molecule has 30 heavy (non-hydrogen) atoms. The minimum absolute atomic E-state index is 0.0525. The maximum Gasteiger partial charge on any atom is 0.229 e. The fourth-order valence-corrected chi connectivity index (χ4v) is 5.04. The van der Waals surface area contributed by atoms with E-state index in [1.165, 1.54) is 4.88 Å². The lowest BCUT2D eigenvalue weighted by Gasteiger charge is -2.27. The van der Waals surface area contributed by atoms with E-state index in [0.29, 0.717) is 25.9 Å². The van der Waals surface area contributed by atoms with Crippen LogP contribution >= 0.6 is 11.3 Å². The van der Waals surface area contributed by atoms with Gasteiger partial charge in [-0.1, -0.05) is 60.7 Å². The molecule has 0 saturated carbocycles. The van der Waals surface area contributed by atoms with Crippen LogP contribution in [0, 0.1) is 5.41 Å². The van der Waals surface area contributed by atoms with Gasteiger partial charge in [0, 0.05) is 18.0 Å². The summed E-state index contributed by atoms with van der Waals surface area (Å²) < 4.78 is 0. The largest absolute Gasteiger partial charge is 0.369 e. The van der Waals surface area contributed by atoms with Crippen molar-refractivity contribution < 1.29 is 9.59 Å². The smallest absolute Gasteiger partial charge is 0.229 e. The Hall–Kier alpha value is -2.92. The number of hydrogen-bond acceptors (Lipinski definition) is 3. The molecule has 4 nitrogen and oxygen atoms in total. The van der Waals surface area contributed by atoms with Crippen LogP contribution in [0.4, 0.5) is 0 Å². The zero-order chi connectivity index (χ0) is 21.1. The zero-order valence-corrected chi connectivity index (χ0v) is 17.9. The third-order valence-electron chi connectivity index (χ3n) is 6.13. The third-order valence-corrected chi connectivity index (χ3v) is 7.05. The van der Waals surface area contributed by atoms with Crippen molar-refractivity contribution in [3.8, 4) is 10.4 Å². The highest BCUT2D eigenvalue weighted by Crippen LogP contribution is 2.36. The van der Waals surface area contributed by atoms with Crippen LogP contribution in [0.5, 0.6) is 0 Å². The molecule has 1 aromatic heterocycles. The van der Waals surface area contributed by atoms with E-state index in [4.69, 9.17) is 5.73 Å². The maximum absolute atomic E-state index is 13.1. The maximum atomic E-state index is 13.1. The Morgan fingerprint density at radius 1 is 1.10 bits per heavy atom. The molecule has 1 aliphatic heterocycles. The average molecular weight is 419 g/mol. The topological polar surface area (TPSA) is 63.4 Å². The Bertz CT molecular complexity index is 1030. The molecule has 0 aliphatic carbocycles. The number of benzene rings is 2. The van der Waals surface area contributed by atoms with Crippen molar-refractivity contribution in [2.75, 3.05) is 13.1 Å². The first-order chi connectivity index (χ1) is 14.5. The van der Waals surface area contributed by atoms with E-state index in [1.54, 1.807) is 11.3 Å². The standard InChI is InChI=1S/C25H26N2O2S/c1-18(20-8-3-2-4-9-20)23(28)27-13-12-25(17-27,24(26)29)16-19-7-5-10-21(15-19)22-11-6-14-30-22/h2-11,14-15,18H,12-13,16-17H2,1H3,(H2,26,29)/t18-,25-/m0/s1. The number of nitrogens with two attached hydrogens (primary N) is 1. The second kappa shape index (κ2) is 8.44. The van der Waals surface area contributed by atoms with Gasteiger partial charge in [-0.25, -0.2) is 0 Å². The zero-order valence-electron chi connectivity index (χ0n) is 17.1. The lowest BCUT2D eigenvalue weighted by Crippen LogP contribution is -2.43. The molecule has 1 aliphatic rings. The summed E-state index contributed by atoms with van der Waals surface area (Å²) >= 11 is 1.69. The van der Waals surface area contributed by atoms with E-state index in [0.717, 1.165) is 16.7 Å². The van der Waals surface area contributed by atoms with E-state index >= 15 is 0 Å². The number of carbonyl (C=O) groups is 2. The molecule has 1 saturated heterocycles. The van der Waals surface area contributed by atoms with Crippen LogP contribution in [0.15, 0.2) is 72.1 Å². The summed E-state index contributed by atoms with van der Waals surface area (Å²) in [7, 11) is 0. The lowest BCUT2D eigenvalue weighted by molar-refractivity contribution is -0.133. The van der Waals surface area contributed by atoms with Crippen LogP contribution in [0.2, 0.25) is 0 Å². The molecule has 0 unspecified atom stereocenters. The number of carbonyl (C=O) groups excluding carboxylic acids is 2. The number of primary amides is 1. The Labute approximate surface area is 181 Å². The van der Waals surface area contributed by atoms with Gasteiger partial charge in [-0.2, -0.15) is 0 Å². The first-order valence-electron chi connectivity index (χ1n) is 10.2. The van der Waals surface area contributed by atoms with E-state index in [9.17, 15) is 9.59 Å². The van der Waals surface area contributed by atoms with Crippen LogP contribution in [-0.4, -0.2) is 29.8 Å². The van der Waals surface area contributed by atoms with E-state index in [1.807, 2.05) is 60.4 Å².